The number of hydrogen-bond donors (Lipinski definition) is 1. The van der Waals surface area contributed by atoms with Crippen LogP contribution in [0.5, 0.6) is 0 Å². The summed E-state index contributed by atoms with van der Waals surface area (Å²) in [4.78, 5) is 11.7. The first-order chi connectivity index (χ1) is 8.39. The molecular formula is C12H18BrN3O2. The highest BCUT2D eigenvalue weighted by molar-refractivity contribution is 9.10. The van der Waals surface area contributed by atoms with E-state index in [1.165, 1.54) is 7.11 Å². The number of nitrogens with two attached hydrogens (primary N) is 1. The van der Waals surface area contributed by atoms with E-state index in [-0.39, 0.29) is 12.0 Å². The van der Waals surface area contributed by atoms with Gasteiger partial charge in [-0.05, 0) is 49.0 Å². The first-order valence-electron chi connectivity index (χ1n) is 5.97. The van der Waals surface area contributed by atoms with Gasteiger partial charge in [-0.15, -0.1) is 0 Å². The SMILES string of the molecule is COC(=O)C1(N)CCC(n2nc(C)c(Br)c2C)C1. The minimum Gasteiger partial charge on any atom is -0.468 e. The van der Waals surface area contributed by atoms with Crippen molar-refractivity contribution in [2.75, 3.05) is 7.11 Å². The molecule has 1 heterocycles. The van der Waals surface area contributed by atoms with E-state index in [0.29, 0.717) is 12.8 Å². The van der Waals surface area contributed by atoms with E-state index in [2.05, 4.69) is 21.0 Å². The summed E-state index contributed by atoms with van der Waals surface area (Å²) in [6.07, 6.45) is 2.06. The molecular weight excluding hydrogens is 298 g/mol. The van der Waals surface area contributed by atoms with E-state index in [0.717, 1.165) is 22.3 Å². The summed E-state index contributed by atoms with van der Waals surface area (Å²) in [6.45, 7) is 3.97. The van der Waals surface area contributed by atoms with E-state index in [4.69, 9.17) is 10.5 Å². The number of hydrogen-bond acceptors (Lipinski definition) is 4. The molecule has 1 saturated carbocycles. The molecule has 0 aromatic carbocycles. The third-order valence-corrected chi connectivity index (χ3v) is 4.85. The fourth-order valence-corrected chi connectivity index (χ4v) is 2.91. The van der Waals surface area contributed by atoms with Gasteiger partial charge in [0, 0.05) is 0 Å². The third kappa shape index (κ3) is 2.07. The Balaban J connectivity index is 2.23. The minimum absolute atomic E-state index is 0.166. The maximum Gasteiger partial charge on any atom is 0.325 e. The van der Waals surface area contributed by atoms with Gasteiger partial charge < -0.3 is 10.5 Å². The molecule has 5 nitrogen and oxygen atoms in total. The number of esters is 1. The van der Waals surface area contributed by atoms with Crippen molar-refractivity contribution in [2.45, 2.75) is 44.7 Å². The van der Waals surface area contributed by atoms with Crippen molar-refractivity contribution in [2.24, 2.45) is 5.73 Å². The van der Waals surface area contributed by atoms with Crippen LogP contribution in [0.4, 0.5) is 0 Å². The van der Waals surface area contributed by atoms with Gasteiger partial charge in [0.15, 0.2) is 0 Å². The van der Waals surface area contributed by atoms with Crippen LogP contribution in [0.3, 0.4) is 0 Å². The van der Waals surface area contributed by atoms with Gasteiger partial charge in [-0.25, -0.2) is 0 Å². The molecule has 0 radical (unpaired) electrons. The summed E-state index contributed by atoms with van der Waals surface area (Å²) < 4.78 is 7.77. The second-order valence-electron chi connectivity index (χ2n) is 4.97. The predicted molar refractivity (Wildman–Crippen MR) is 71.2 cm³/mol. The molecule has 0 spiro atoms. The quantitative estimate of drug-likeness (QED) is 0.846. The molecule has 2 rings (SSSR count). The van der Waals surface area contributed by atoms with Gasteiger partial charge in [0.25, 0.3) is 0 Å². The van der Waals surface area contributed by atoms with Crippen molar-refractivity contribution in [3.05, 3.63) is 15.9 Å². The molecule has 6 heteroatoms. The van der Waals surface area contributed by atoms with Crippen molar-refractivity contribution in [1.29, 1.82) is 0 Å². The van der Waals surface area contributed by atoms with Gasteiger partial charge in [0.05, 0.1) is 29.0 Å². The average molecular weight is 316 g/mol. The molecule has 1 fully saturated rings. The van der Waals surface area contributed by atoms with Gasteiger partial charge >= 0.3 is 5.97 Å². The molecule has 2 unspecified atom stereocenters. The molecule has 0 amide bonds. The molecule has 1 aromatic rings. The summed E-state index contributed by atoms with van der Waals surface area (Å²) in [5.74, 6) is -0.328. The maximum absolute atomic E-state index is 11.7. The molecule has 18 heavy (non-hydrogen) atoms. The second-order valence-corrected chi connectivity index (χ2v) is 5.77. The van der Waals surface area contributed by atoms with E-state index in [1.54, 1.807) is 0 Å². The van der Waals surface area contributed by atoms with Crippen LogP contribution in [0.15, 0.2) is 4.47 Å². The Kier molecular flexibility index (Phi) is 3.51. The highest BCUT2D eigenvalue weighted by Crippen LogP contribution is 2.38. The number of nitrogens with zero attached hydrogens (tertiary/aromatic N) is 2. The lowest BCUT2D eigenvalue weighted by Crippen LogP contribution is -2.46. The van der Waals surface area contributed by atoms with Crippen LogP contribution in [0.25, 0.3) is 0 Å². The van der Waals surface area contributed by atoms with Crippen LogP contribution in [-0.4, -0.2) is 28.4 Å². The van der Waals surface area contributed by atoms with Gasteiger partial charge in [-0.2, -0.15) is 5.10 Å². The van der Waals surface area contributed by atoms with Gasteiger partial charge in [0.2, 0.25) is 0 Å². The summed E-state index contributed by atoms with van der Waals surface area (Å²) >= 11 is 3.51. The number of carbonyl (C=O) groups is 1. The summed E-state index contributed by atoms with van der Waals surface area (Å²) in [5.41, 5.74) is 7.28. The van der Waals surface area contributed by atoms with Crippen molar-refractivity contribution >= 4 is 21.9 Å². The molecule has 2 atom stereocenters. The lowest BCUT2D eigenvalue weighted by Gasteiger charge is -2.21. The van der Waals surface area contributed by atoms with Crippen molar-refractivity contribution < 1.29 is 9.53 Å². The van der Waals surface area contributed by atoms with Gasteiger partial charge in [-0.3, -0.25) is 9.48 Å². The van der Waals surface area contributed by atoms with Crippen LogP contribution in [0, 0.1) is 13.8 Å². The highest BCUT2D eigenvalue weighted by Gasteiger charge is 2.44. The van der Waals surface area contributed by atoms with E-state index < -0.39 is 5.54 Å². The first-order valence-corrected chi connectivity index (χ1v) is 6.77. The molecule has 0 bridgehead atoms. The Morgan fingerprint density at radius 2 is 2.28 bits per heavy atom. The van der Waals surface area contributed by atoms with E-state index >= 15 is 0 Å². The number of halogens is 1. The monoisotopic (exact) mass is 315 g/mol. The van der Waals surface area contributed by atoms with Crippen LogP contribution in [0.1, 0.15) is 36.7 Å². The number of carbonyl (C=O) groups excluding carboxylic acids is 1. The Hall–Kier alpha value is -0.880. The largest absolute Gasteiger partial charge is 0.468 e. The Morgan fingerprint density at radius 3 is 2.78 bits per heavy atom. The standard InChI is InChI=1S/C12H18BrN3O2/c1-7-10(13)8(2)16(15-7)9-4-5-12(14,6-9)11(17)18-3/h9H,4-6,14H2,1-3H3. The highest BCUT2D eigenvalue weighted by atomic mass is 79.9. The molecule has 2 N–H and O–H groups in total. The lowest BCUT2D eigenvalue weighted by atomic mass is 9.99. The Morgan fingerprint density at radius 1 is 1.61 bits per heavy atom. The number of methoxy groups -OCH3 is 1. The zero-order chi connectivity index (χ0) is 13.5. The average Bonchev–Trinajstić information content (AvgIpc) is 2.86. The predicted octanol–water partition coefficient (Wildman–Crippen LogP) is 1.86. The van der Waals surface area contributed by atoms with Crippen molar-refractivity contribution in [1.82, 2.24) is 9.78 Å². The summed E-state index contributed by atoms with van der Waals surface area (Å²) in [5, 5.41) is 4.50. The topological polar surface area (TPSA) is 70.1 Å². The minimum atomic E-state index is -0.863. The number of aromatic nitrogens is 2. The first kappa shape index (κ1) is 13.5. The van der Waals surface area contributed by atoms with Crippen LogP contribution < -0.4 is 5.73 Å². The molecule has 100 valence electrons. The van der Waals surface area contributed by atoms with Crippen LogP contribution >= 0.6 is 15.9 Å². The summed E-state index contributed by atoms with van der Waals surface area (Å²) in [6, 6.07) is 0.166. The number of aryl methyl sites for hydroxylation is 1. The molecule has 1 aromatic heterocycles. The zero-order valence-corrected chi connectivity index (χ0v) is 12.5. The van der Waals surface area contributed by atoms with Gasteiger partial charge in [-0.1, -0.05) is 0 Å². The molecule has 1 aliphatic carbocycles. The fourth-order valence-electron chi connectivity index (χ4n) is 2.64. The number of rotatable bonds is 2. The van der Waals surface area contributed by atoms with Crippen LogP contribution in [-0.2, 0) is 9.53 Å². The Bertz CT molecular complexity index is 486. The van der Waals surface area contributed by atoms with E-state index in [1.807, 2.05) is 18.5 Å². The molecule has 1 aliphatic rings. The number of ether oxygens (including phenoxy) is 1. The van der Waals surface area contributed by atoms with Gasteiger partial charge in [0.1, 0.15) is 5.54 Å². The molecule has 0 saturated heterocycles. The Labute approximate surface area is 115 Å². The lowest BCUT2D eigenvalue weighted by molar-refractivity contribution is -0.146. The van der Waals surface area contributed by atoms with Crippen LogP contribution in [0.2, 0.25) is 0 Å². The zero-order valence-electron chi connectivity index (χ0n) is 10.9. The van der Waals surface area contributed by atoms with Crippen molar-refractivity contribution in [3.8, 4) is 0 Å². The second kappa shape index (κ2) is 4.66. The maximum atomic E-state index is 11.7. The normalized spacial score (nSPS) is 27.5. The smallest absolute Gasteiger partial charge is 0.325 e. The summed E-state index contributed by atoms with van der Waals surface area (Å²) in [7, 11) is 1.38. The van der Waals surface area contributed by atoms with E-state index in [9.17, 15) is 4.79 Å². The molecule has 0 aliphatic heterocycles. The third-order valence-electron chi connectivity index (χ3n) is 3.70. The fraction of sp³-hybridized carbons (Fsp3) is 0.667. The van der Waals surface area contributed by atoms with Crippen molar-refractivity contribution in [3.63, 3.8) is 0 Å².